The molecule has 96 valence electrons. The van der Waals surface area contributed by atoms with Crippen LogP contribution in [0.1, 0.15) is 18.4 Å². The molecule has 0 aliphatic carbocycles. The Labute approximate surface area is 96.8 Å². The van der Waals surface area contributed by atoms with Crippen LogP contribution in [0.15, 0.2) is 24.3 Å². The van der Waals surface area contributed by atoms with Crippen molar-refractivity contribution < 1.29 is 17.6 Å². The SMILES string of the molecule is NNC(CCC(F)(F)F)Cc1ccc(F)cc1. The molecule has 0 aliphatic rings. The summed E-state index contributed by atoms with van der Waals surface area (Å²) >= 11 is 0. The number of hydrogen-bond donors (Lipinski definition) is 2. The summed E-state index contributed by atoms with van der Waals surface area (Å²) in [6.07, 6.45) is -4.83. The highest BCUT2D eigenvalue weighted by molar-refractivity contribution is 5.17. The van der Waals surface area contributed by atoms with Crippen molar-refractivity contribution in [2.45, 2.75) is 31.5 Å². The molecule has 1 aromatic rings. The number of benzene rings is 1. The van der Waals surface area contributed by atoms with Gasteiger partial charge in [-0.2, -0.15) is 13.2 Å². The van der Waals surface area contributed by atoms with Crippen LogP contribution < -0.4 is 11.3 Å². The van der Waals surface area contributed by atoms with E-state index in [-0.39, 0.29) is 12.2 Å². The molecule has 1 rings (SSSR count). The van der Waals surface area contributed by atoms with Crippen molar-refractivity contribution in [3.05, 3.63) is 35.6 Å². The molecule has 0 fully saturated rings. The van der Waals surface area contributed by atoms with Crippen molar-refractivity contribution in [3.63, 3.8) is 0 Å². The highest BCUT2D eigenvalue weighted by Gasteiger charge is 2.28. The summed E-state index contributed by atoms with van der Waals surface area (Å²) in [5.74, 6) is 4.81. The molecule has 17 heavy (non-hydrogen) atoms. The van der Waals surface area contributed by atoms with Gasteiger partial charge < -0.3 is 0 Å². The van der Waals surface area contributed by atoms with Crippen molar-refractivity contribution in [2.75, 3.05) is 0 Å². The number of rotatable bonds is 5. The number of hydrogen-bond acceptors (Lipinski definition) is 2. The van der Waals surface area contributed by atoms with Crippen LogP contribution in [-0.2, 0) is 6.42 Å². The van der Waals surface area contributed by atoms with Crippen molar-refractivity contribution in [1.82, 2.24) is 5.43 Å². The van der Waals surface area contributed by atoms with E-state index in [9.17, 15) is 17.6 Å². The van der Waals surface area contributed by atoms with E-state index in [1.807, 2.05) is 0 Å². The second-order valence-corrected chi connectivity index (χ2v) is 3.85. The summed E-state index contributed by atoms with van der Waals surface area (Å²) in [4.78, 5) is 0. The van der Waals surface area contributed by atoms with Gasteiger partial charge in [-0.3, -0.25) is 11.3 Å². The third kappa shape index (κ3) is 5.65. The smallest absolute Gasteiger partial charge is 0.271 e. The summed E-state index contributed by atoms with van der Waals surface area (Å²) < 4.78 is 48.7. The van der Waals surface area contributed by atoms with Gasteiger partial charge >= 0.3 is 6.18 Å². The number of nitrogens with two attached hydrogens (primary N) is 1. The van der Waals surface area contributed by atoms with E-state index in [1.54, 1.807) is 0 Å². The van der Waals surface area contributed by atoms with Gasteiger partial charge in [0.15, 0.2) is 0 Å². The normalized spacial score (nSPS) is 13.7. The largest absolute Gasteiger partial charge is 0.389 e. The molecule has 0 saturated carbocycles. The van der Waals surface area contributed by atoms with Gasteiger partial charge in [-0.1, -0.05) is 12.1 Å². The molecule has 1 aromatic carbocycles. The van der Waals surface area contributed by atoms with Crippen LogP contribution in [0, 0.1) is 5.82 Å². The zero-order chi connectivity index (χ0) is 12.9. The van der Waals surface area contributed by atoms with E-state index in [2.05, 4.69) is 5.43 Å². The Balaban J connectivity index is 2.49. The lowest BCUT2D eigenvalue weighted by Gasteiger charge is -2.16. The van der Waals surface area contributed by atoms with Gasteiger partial charge in [0, 0.05) is 12.5 Å². The number of alkyl halides is 3. The van der Waals surface area contributed by atoms with Crippen molar-refractivity contribution in [2.24, 2.45) is 5.84 Å². The maximum Gasteiger partial charge on any atom is 0.389 e. The van der Waals surface area contributed by atoms with Crippen LogP contribution in [0.25, 0.3) is 0 Å². The Kier molecular flexibility index (Phi) is 4.89. The number of nitrogens with one attached hydrogen (secondary N) is 1. The molecule has 0 saturated heterocycles. The minimum Gasteiger partial charge on any atom is -0.271 e. The van der Waals surface area contributed by atoms with Crippen LogP contribution in [0.4, 0.5) is 17.6 Å². The fourth-order valence-corrected chi connectivity index (χ4v) is 1.49. The Hall–Kier alpha value is -1.14. The molecule has 0 heterocycles. The minimum atomic E-state index is -4.18. The summed E-state index contributed by atoms with van der Waals surface area (Å²) in [5.41, 5.74) is 3.09. The zero-order valence-corrected chi connectivity index (χ0v) is 9.10. The lowest BCUT2D eigenvalue weighted by Crippen LogP contribution is -2.37. The Morgan fingerprint density at radius 1 is 1.18 bits per heavy atom. The Bertz CT molecular complexity index is 334. The summed E-state index contributed by atoms with van der Waals surface area (Å²) in [6.45, 7) is 0. The molecule has 0 aliphatic heterocycles. The topological polar surface area (TPSA) is 38.0 Å². The first kappa shape index (κ1) is 13.9. The van der Waals surface area contributed by atoms with Crippen LogP contribution >= 0.6 is 0 Å². The molecule has 3 N–H and O–H groups in total. The van der Waals surface area contributed by atoms with Gasteiger partial charge in [0.25, 0.3) is 0 Å². The zero-order valence-electron chi connectivity index (χ0n) is 9.10. The van der Waals surface area contributed by atoms with Gasteiger partial charge in [-0.05, 0) is 30.5 Å². The van der Waals surface area contributed by atoms with Gasteiger partial charge in [0.1, 0.15) is 5.82 Å². The average molecular weight is 250 g/mol. The third-order valence-electron chi connectivity index (χ3n) is 2.41. The van der Waals surface area contributed by atoms with Crippen molar-refractivity contribution >= 4 is 0 Å². The molecule has 0 bridgehead atoms. The first-order chi connectivity index (χ1) is 7.90. The van der Waals surface area contributed by atoms with Gasteiger partial charge in [-0.15, -0.1) is 0 Å². The summed E-state index contributed by atoms with van der Waals surface area (Å²) in [7, 11) is 0. The lowest BCUT2D eigenvalue weighted by atomic mass is 10.0. The van der Waals surface area contributed by atoms with Crippen LogP contribution in [-0.4, -0.2) is 12.2 Å². The van der Waals surface area contributed by atoms with E-state index in [0.29, 0.717) is 6.42 Å². The number of hydrazine groups is 1. The van der Waals surface area contributed by atoms with E-state index >= 15 is 0 Å². The quantitative estimate of drug-likeness (QED) is 0.479. The predicted octanol–water partition coefficient (Wildman–Crippen LogP) is 2.54. The van der Waals surface area contributed by atoms with Crippen molar-refractivity contribution in [3.8, 4) is 0 Å². The van der Waals surface area contributed by atoms with Crippen LogP contribution in [0.5, 0.6) is 0 Å². The standard InChI is InChI=1S/C11H14F4N2/c12-9-3-1-8(2-4-9)7-10(17-16)5-6-11(13,14)15/h1-4,10,17H,5-7,16H2. The van der Waals surface area contributed by atoms with E-state index in [4.69, 9.17) is 5.84 Å². The maximum absolute atomic E-state index is 12.6. The molecule has 0 aromatic heterocycles. The molecule has 0 radical (unpaired) electrons. The van der Waals surface area contributed by atoms with Gasteiger partial charge in [-0.25, -0.2) is 4.39 Å². The van der Waals surface area contributed by atoms with Crippen LogP contribution in [0.2, 0.25) is 0 Å². The fraction of sp³-hybridized carbons (Fsp3) is 0.455. The molecule has 0 amide bonds. The summed E-state index contributed by atoms with van der Waals surface area (Å²) in [6, 6.07) is 5.14. The molecule has 1 unspecified atom stereocenters. The van der Waals surface area contributed by atoms with E-state index in [1.165, 1.54) is 24.3 Å². The number of halogens is 4. The minimum absolute atomic E-state index is 0.0998. The highest BCUT2D eigenvalue weighted by Crippen LogP contribution is 2.23. The molecule has 6 heteroatoms. The molecular weight excluding hydrogens is 236 g/mol. The van der Waals surface area contributed by atoms with Gasteiger partial charge in [0.05, 0.1) is 0 Å². The Morgan fingerprint density at radius 2 is 1.76 bits per heavy atom. The monoisotopic (exact) mass is 250 g/mol. The lowest BCUT2D eigenvalue weighted by molar-refractivity contribution is -0.136. The fourth-order valence-electron chi connectivity index (χ4n) is 1.49. The average Bonchev–Trinajstić information content (AvgIpc) is 2.25. The second-order valence-electron chi connectivity index (χ2n) is 3.85. The molecule has 2 nitrogen and oxygen atoms in total. The Morgan fingerprint density at radius 3 is 2.24 bits per heavy atom. The first-order valence-electron chi connectivity index (χ1n) is 5.18. The third-order valence-corrected chi connectivity index (χ3v) is 2.41. The molecule has 0 spiro atoms. The van der Waals surface area contributed by atoms with Gasteiger partial charge in [0.2, 0.25) is 0 Å². The molecule has 1 atom stereocenters. The maximum atomic E-state index is 12.6. The van der Waals surface area contributed by atoms with Crippen molar-refractivity contribution in [1.29, 1.82) is 0 Å². The summed E-state index contributed by atoms with van der Waals surface area (Å²) in [5, 5.41) is 0. The van der Waals surface area contributed by atoms with E-state index in [0.717, 1.165) is 5.56 Å². The highest BCUT2D eigenvalue weighted by atomic mass is 19.4. The first-order valence-corrected chi connectivity index (χ1v) is 5.18. The predicted molar refractivity (Wildman–Crippen MR) is 56.5 cm³/mol. The second kappa shape index (κ2) is 5.97. The van der Waals surface area contributed by atoms with Crippen LogP contribution in [0.3, 0.4) is 0 Å². The van der Waals surface area contributed by atoms with E-state index < -0.39 is 18.6 Å². The molecular formula is C11H14F4N2.